The number of rotatable bonds is 3. The van der Waals surface area contributed by atoms with Gasteiger partial charge in [0.05, 0.1) is 6.61 Å². The van der Waals surface area contributed by atoms with Crippen LogP contribution >= 0.6 is 0 Å². The van der Waals surface area contributed by atoms with E-state index in [2.05, 4.69) is 49.0 Å². The Balaban J connectivity index is 1.70. The zero-order chi connectivity index (χ0) is 12.5. The van der Waals surface area contributed by atoms with Gasteiger partial charge in [-0.3, -0.25) is 0 Å². The van der Waals surface area contributed by atoms with E-state index in [-0.39, 0.29) is 0 Å². The van der Waals surface area contributed by atoms with Crippen LogP contribution in [0.15, 0.2) is 30.6 Å². The molecule has 0 saturated carbocycles. The molecule has 3 rings (SSSR count). The van der Waals surface area contributed by atoms with Crippen molar-refractivity contribution in [2.45, 2.75) is 33.2 Å². The van der Waals surface area contributed by atoms with Gasteiger partial charge in [0.25, 0.3) is 0 Å². The highest BCUT2D eigenvalue weighted by Gasteiger charge is 2.11. The summed E-state index contributed by atoms with van der Waals surface area (Å²) in [5.74, 6) is 1.08. The Kier molecular flexibility index (Phi) is 2.86. The summed E-state index contributed by atoms with van der Waals surface area (Å²) in [5.41, 5.74) is 5.52. The molecule has 0 N–H and O–H groups in total. The topological polar surface area (TPSA) is 14.2 Å². The number of benzene rings is 1. The van der Waals surface area contributed by atoms with Gasteiger partial charge in [0.1, 0.15) is 5.75 Å². The lowest BCUT2D eigenvalue weighted by atomic mass is 10.1. The molecule has 0 fully saturated rings. The molecule has 0 spiro atoms. The number of hydrogen-bond acceptors (Lipinski definition) is 1. The quantitative estimate of drug-likeness (QED) is 0.804. The summed E-state index contributed by atoms with van der Waals surface area (Å²) in [4.78, 5) is 0. The van der Waals surface area contributed by atoms with Gasteiger partial charge in [0.2, 0.25) is 0 Å². The highest BCUT2D eigenvalue weighted by atomic mass is 16.5. The molecule has 1 aliphatic rings. The molecule has 18 heavy (non-hydrogen) atoms. The van der Waals surface area contributed by atoms with Crippen molar-refractivity contribution in [2.24, 2.45) is 0 Å². The van der Waals surface area contributed by atoms with Gasteiger partial charge < -0.3 is 9.30 Å². The Hall–Kier alpha value is -1.70. The van der Waals surface area contributed by atoms with E-state index in [1.807, 2.05) is 0 Å². The lowest BCUT2D eigenvalue weighted by Gasteiger charge is -2.05. The molecule has 0 aliphatic carbocycles. The third kappa shape index (κ3) is 2.15. The first kappa shape index (κ1) is 11.4. The van der Waals surface area contributed by atoms with Crippen LogP contribution in [-0.4, -0.2) is 11.2 Å². The van der Waals surface area contributed by atoms with Gasteiger partial charge in [-0.15, -0.1) is 0 Å². The van der Waals surface area contributed by atoms with Crippen LogP contribution in [0.5, 0.6) is 5.75 Å². The molecule has 2 heteroatoms. The fourth-order valence-corrected chi connectivity index (χ4v) is 2.52. The maximum absolute atomic E-state index is 5.53. The van der Waals surface area contributed by atoms with E-state index >= 15 is 0 Å². The lowest BCUT2D eigenvalue weighted by molar-refractivity contribution is 0.357. The van der Waals surface area contributed by atoms with E-state index in [1.165, 1.54) is 22.3 Å². The van der Waals surface area contributed by atoms with Crippen LogP contribution in [0.2, 0.25) is 0 Å². The summed E-state index contributed by atoms with van der Waals surface area (Å²) >= 11 is 0. The van der Waals surface area contributed by atoms with E-state index in [9.17, 15) is 0 Å². The molecule has 0 unspecified atom stereocenters. The molecule has 0 bridgehead atoms. The highest BCUT2D eigenvalue weighted by molar-refractivity contribution is 5.39. The Morgan fingerprint density at radius 2 is 1.94 bits per heavy atom. The Bertz CT molecular complexity index is 549. The summed E-state index contributed by atoms with van der Waals surface area (Å²) < 4.78 is 7.82. The predicted molar refractivity (Wildman–Crippen MR) is 73.3 cm³/mol. The number of aryl methyl sites for hydroxylation is 4. The second-order valence-corrected chi connectivity index (χ2v) is 5.15. The summed E-state index contributed by atoms with van der Waals surface area (Å²) in [6.07, 6.45) is 6.60. The maximum Gasteiger partial charge on any atom is 0.122 e. The average molecular weight is 241 g/mol. The molecular weight excluding hydrogens is 222 g/mol. The van der Waals surface area contributed by atoms with Crippen molar-refractivity contribution >= 4 is 0 Å². The minimum atomic E-state index is 0.842. The number of hydrogen-bond donors (Lipinski definition) is 0. The first-order chi connectivity index (χ1) is 8.72. The lowest BCUT2D eigenvalue weighted by Crippen LogP contribution is -1.98. The van der Waals surface area contributed by atoms with Crippen LogP contribution < -0.4 is 4.74 Å². The van der Waals surface area contributed by atoms with Gasteiger partial charge in [-0.2, -0.15) is 0 Å². The third-order valence-corrected chi connectivity index (χ3v) is 3.75. The van der Waals surface area contributed by atoms with Gasteiger partial charge in [-0.25, -0.2) is 0 Å². The van der Waals surface area contributed by atoms with E-state index in [0.717, 1.165) is 31.7 Å². The normalized spacial score (nSPS) is 13.4. The van der Waals surface area contributed by atoms with Crippen LogP contribution in [0.1, 0.15) is 22.3 Å². The van der Waals surface area contributed by atoms with Gasteiger partial charge >= 0.3 is 0 Å². The molecule has 0 amide bonds. The van der Waals surface area contributed by atoms with E-state index in [1.54, 1.807) is 0 Å². The number of ether oxygens (including phenoxy) is 1. The molecule has 94 valence electrons. The van der Waals surface area contributed by atoms with Gasteiger partial charge in [-0.05, 0) is 48.6 Å². The van der Waals surface area contributed by atoms with Crippen LogP contribution in [0, 0.1) is 13.8 Å². The van der Waals surface area contributed by atoms with Crippen molar-refractivity contribution in [3.63, 3.8) is 0 Å². The molecular formula is C16H19NO. The fourth-order valence-electron chi connectivity index (χ4n) is 2.52. The fraction of sp³-hybridized carbons (Fsp3) is 0.375. The molecule has 1 aromatic carbocycles. The Morgan fingerprint density at radius 3 is 2.72 bits per heavy atom. The summed E-state index contributed by atoms with van der Waals surface area (Å²) in [6.45, 7) is 6.22. The van der Waals surface area contributed by atoms with Crippen molar-refractivity contribution in [1.82, 2.24) is 4.57 Å². The van der Waals surface area contributed by atoms with E-state index < -0.39 is 0 Å². The van der Waals surface area contributed by atoms with Crippen molar-refractivity contribution < 1.29 is 4.74 Å². The summed E-state index contributed by atoms with van der Waals surface area (Å²) in [6, 6.07) is 6.60. The maximum atomic E-state index is 5.53. The second-order valence-electron chi connectivity index (χ2n) is 5.15. The van der Waals surface area contributed by atoms with E-state index in [4.69, 9.17) is 4.74 Å². The van der Waals surface area contributed by atoms with Crippen molar-refractivity contribution in [2.75, 3.05) is 6.61 Å². The van der Waals surface area contributed by atoms with Crippen molar-refractivity contribution in [1.29, 1.82) is 0 Å². The standard InChI is InChI=1S/C16H19NO/c1-12-10-17(11-13(12)2)7-5-14-3-4-16-15(9-14)6-8-18-16/h3-4,9-11H,5-8H2,1-2H3. The van der Waals surface area contributed by atoms with Crippen LogP contribution in [0.4, 0.5) is 0 Å². The average Bonchev–Trinajstić information content (AvgIpc) is 2.94. The zero-order valence-electron chi connectivity index (χ0n) is 11.1. The minimum absolute atomic E-state index is 0.842. The Morgan fingerprint density at radius 1 is 1.17 bits per heavy atom. The molecule has 0 radical (unpaired) electrons. The zero-order valence-corrected chi connectivity index (χ0v) is 11.1. The van der Waals surface area contributed by atoms with Crippen LogP contribution in [-0.2, 0) is 19.4 Å². The first-order valence-corrected chi connectivity index (χ1v) is 6.60. The molecule has 1 aromatic heterocycles. The summed E-state index contributed by atoms with van der Waals surface area (Å²) in [5, 5.41) is 0. The largest absolute Gasteiger partial charge is 0.493 e. The number of nitrogens with zero attached hydrogens (tertiary/aromatic N) is 1. The van der Waals surface area contributed by atoms with Crippen LogP contribution in [0.25, 0.3) is 0 Å². The van der Waals surface area contributed by atoms with Crippen LogP contribution in [0.3, 0.4) is 0 Å². The Labute approximate surface area is 108 Å². The SMILES string of the molecule is Cc1cn(CCc2ccc3c(c2)CCO3)cc1C. The predicted octanol–water partition coefficient (Wildman–Crippen LogP) is 3.28. The monoisotopic (exact) mass is 241 g/mol. The van der Waals surface area contributed by atoms with Gasteiger partial charge in [-0.1, -0.05) is 12.1 Å². The number of aromatic nitrogens is 1. The van der Waals surface area contributed by atoms with Gasteiger partial charge in [0.15, 0.2) is 0 Å². The molecule has 1 aliphatic heterocycles. The third-order valence-electron chi connectivity index (χ3n) is 3.75. The smallest absolute Gasteiger partial charge is 0.122 e. The first-order valence-electron chi connectivity index (χ1n) is 6.60. The molecule has 2 aromatic rings. The van der Waals surface area contributed by atoms with Gasteiger partial charge in [0, 0.05) is 25.4 Å². The molecule has 0 atom stereocenters. The number of fused-ring (bicyclic) bond motifs is 1. The minimum Gasteiger partial charge on any atom is -0.493 e. The second kappa shape index (κ2) is 4.52. The van der Waals surface area contributed by atoms with Crippen molar-refractivity contribution in [3.8, 4) is 5.75 Å². The summed E-state index contributed by atoms with van der Waals surface area (Å²) in [7, 11) is 0. The highest BCUT2D eigenvalue weighted by Crippen LogP contribution is 2.26. The molecule has 0 saturated heterocycles. The molecule has 2 nitrogen and oxygen atoms in total. The van der Waals surface area contributed by atoms with Crippen molar-refractivity contribution in [3.05, 3.63) is 52.8 Å². The van der Waals surface area contributed by atoms with E-state index in [0.29, 0.717) is 0 Å². The molecule has 2 heterocycles.